The topological polar surface area (TPSA) is 38.8 Å². The number of benzene rings is 1. The molecule has 1 unspecified atom stereocenters. The summed E-state index contributed by atoms with van der Waals surface area (Å²) in [5, 5.41) is 1.88. The second-order valence-electron chi connectivity index (χ2n) is 7.17. The third-order valence-electron chi connectivity index (χ3n) is 3.76. The van der Waals surface area contributed by atoms with Gasteiger partial charge in [0.25, 0.3) is 0 Å². The molecule has 0 bridgehead atoms. The van der Waals surface area contributed by atoms with Gasteiger partial charge in [0.15, 0.2) is 0 Å². The van der Waals surface area contributed by atoms with E-state index in [4.69, 9.17) is 9.47 Å². The molecule has 0 spiro atoms. The number of thiophene rings is 1. The fourth-order valence-corrected chi connectivity index (χ4v) is 3.73. The molecule has 1 aliphatic heterocycles. The quantitative estimate of drug-likeness (QED) is 0.710. The predicted octanol–water partition coefficient (Wildman–Crippen LogP) is 5.07. The molecule has 2 heterocycles. The van der Waals surface area contributed by atoms with E-state index >= 15 is 0 Å². The van der Waals surface area contributed by atoms with Gasteiger partial charge in [-0.15, -0.1) is 11.3 Å². The van der Waals surface area contributed by atoms with Crippen molar-refractivity contribution in [2.24, 2.45) is 0 Å². The summed E-state index contributed by atoms with van der Waals surface area (Å²) in [5.74, 6) is 0.376. The van der Waals surface area contributed by atoms with Gasteiger partial charge < -0.3 is 9.47 Å². The lowest BCUT2D eigenvalue weighted by atomic mass is 10.1. The van der Waals surface area contributed by atoms with Gasteiger partial charge in [0.1, 0.15) is 23.3 Å². The van der Waals surface area contributed by atoms with E-state index in [0.717, 1.165) is 10.4 Å². The largest absolute Gasteiger partial charge is 0.487 e. The normalized spacial score (nSPS) is 17.5. The zero-order valence-electron chi connectivity index (χ0n) is 14.8. The Balaban J connectivity index is 1.92. The Bertz CT molecular complexity index is 781. The number of rotatable bonds is 1. The van der Waals surface area contributed by atoms with E-state index in [1.54, 1.807) is 23.1 Å². The number of halogens is 1. The Labute approximate surface area is 151 Å². The molecule has 134 valence electrons. The summed E-state index contributed by atoms with van der Waals surface area (Å²) < 4.78 is 25.7. The molecule has 2 aromatic rings. The van der Waals surface area contributed by atoms with Crippen LogP contribution in [0.3, 0.4) is 0 Å². The lowest BCUT2D eigenvalue weighted by molar-refractivity contribution is 0.0190. The molecular formula is C19H22FNO3S. The first kappa shape index (κ1) is 17.7. The minimum absolute atomic E-state index is 0.214. The van der Waals surface area contributed by atoms with Crippen LogP contribution in [0.4, 0.5) is 9.18 Å². The van der Waals surface area contributed by atoms with Crippen molar-refractivity contribution in [2.75, 3.05) is 6.54 Å². The number of carbonyl (C=O) groups excluding carboxylic acids is 1. The number of fused-ring (bicyclic) bond motifs is 1. The van der Waals surface area contributed by atoms with E-state index in [0.29, 0.717) is 24.4 Å². The monoisotopic (exact) mass is 363 g/mol. The lowest BCUT2D eigenvalue weighted by Gasteiger charge is -2.27. The summed E-state index contributed by atoms with van der Waals surface area (Å²) in [7, 11) is 0. The maximum absolute atomic E-state index is 14.2. The van der Waals surface area contributed by atoms with Gasteiger partial charge >= 0.3 is 6.09 Å². The fraction of sp³-hybridized carbons (Fsp3) is 0.421. The van der Waals surface area contributed by atoms with Crippen LogP contribution in [0.2, 0.25) is 0 Å². The molecule has 0 radical (unpaired) electrons. The van der Waals surface area contributed by atoms with E-state index in [-0.39, 0.29) is 18.0 Å². The summed E-state index contributed by atoms with van der Waals surface area (Å²) in [5.41, 5.74) is 0.693. The number of carbonyl (C=O) groups is 1. The van der Waals surface area contributed by atoms with E-state index in [9.17, 15) is 9.18 Å². The molecule has 25 heavy (non-hydrogen) atoms. The van der Waals surface area contributed by atoms with Crippen LogP contribution in [0.25, 0.3) is 11.1 Å². The van der Waals surface area contributed by atoms with Gasteiger partial charge in [-0.1, -0.05) is 18.2 Å². The predicted molar refractivity (Wildman–Crippen MR) is 96.4 cm³/mol. The Morgan fingerprint density at radius 1 is 1.32 bits per heavy atom. The summed E-state index contributed by atoms with van der Waals surface area (Å²) in [6, 6.07) is 6.64. The van der Waals surface area contributed by atoms with Gasteiger partial charge in [0.2, 0.25) is 0 Å². The first-order valence-electron chi connectivity index (χ1n) is 8.24. The SMILES string of the molecule is CC1CN(C(=O)OC(C)(C)C)Cc2scc(-c3ccccc3F)c2O1. The smallest absolute Gasteiger partial charge is 0.410 e. The van der Waals surface area contributed by atoms with Gasteiger partial charge in [-0.05, 0) is 33.8 Å². The molecule has 0 saturated heterocycles. The first-order chi connectivity index (χ1) is 11.7. The molecular weight excluding hydrogens is 341 g/mol. The number of hydrogen-bond acceptors (Lipinski definition) is 4. The van der Waals surface area contributed by atoms with Gasteiger partial charge in [-0.3, -0.25) is 4.90 Å². The Kier molecular flexibility index (Phi) is 4.73. The second kappa shape index (κ2) is 6.67. The molecule has 1 aromatic heterocycles. The third-order valence-corrected chi connectivity index (χ3v) is 4.72. The highest BCUT2D eigenvalue weighted by Gasteiger charge is 2.30. The summed E-state index contributed by atoms with van der Waals surface area (Å²) in [6.07, 6.45) is -0.578. The highest BCUT2D eigenvalue weighted by atomic mass is 32.1. The standard InChI is InChI=1S/C19H22FNO3S/c1-12-9-21(18(22)24-19(2,3)4)10-16-17(23-12)14(11-25-16)13-7-5-6-8-15(13)20/h5-8,11-12H,9-10H2,1-4H3. The number of ether oxygens (including phenoxy) is 2. The summed E-state index contributed by atoms with van der Waals surface area (Å²) in [6.45, 7) is 8.25. The van der Waals surface area contributed by atoms with Crippen molar-refractivity contribution in [1.29, 1.82) is 0 Å². The van der Waals surface area contributed by atoms with Crippen molar-refractivity contribution >= 4 is 17.4 Å². The second-order valence-corrected chi connectivity index (χ2v) is 8.14. The van der Waals surface area contributed by atoms with Crippen molar-refractivity contribution < 1.29 is 18.7 Å². The number of nitrogens with zero attached hydrogens (tertiary/aromatic N) is 1. The maximum atomic E-state index is 14.2. The molecule has 0 N–H and O–H groups in total. The average Bonchev–Trinajstić information content (AvgIpc) is 2.79. The molecule has 1 atom stereocenters. The average molecular weight is 363 g/mol. The number of hydrogen-bond donors (Lipinski definition) is 0. The van der Waals surface area contributed by atoms with Gasteiger partial charge in [0.05, 0.1) is 18.0 Å². The van der Waals surface area contributed by atoms with E-state index in [1.165, 1.54) is 17.4 Å². The molecule has 6 heteroatoms. The van der Waals surface area contributed by atoms with Gasteiger partial charge in [-0.2, -0.15) is 0 Å². The molecule has 1 aliphatic rings. The van der Waals surface area contributed by atoms with Crippen LogP contribution in [-0.4, -0.2) is 29.2 Å². The molecule has 0 aliphatic carbocycles. The van der Waals surface area contributed by atoms with Crippen molar-refractivity contribution in [3.63, 3.8) is 0 Å². The zero-order chi connectivity index (χ0) is 18.2. The minimum atomic E-state index is -0.551. The third kappa shape index (κ3) is 3.95. The van der Waals surface area contributed by atoms with Crippen LogP contribution < -0.4 is 4.74 Å². The molecule has 0 fully saturated rings. The zero-order valence-corrected chi connectivity index (χ0v) is 15.7. The Hall–Kier alpha value is -2.08. The molecule has 3 rings (SSSR count). The van der Waals surface area contributed by atoms with Crippen LogP contribution >= 0.6 is 11.3 Å². The Morgan fingerprint density at radius 3 is 2.72 bits per heavy atom. The minimum Gasteiger partial charge on any atom is -0.487 e. The van der Waals surface area contributed by atoms with Crippen LogP contribution in [-0.2, 0) is 11.3 Å². The van der Waals surface area contributed by atoms with E-state index in [2.05, 4.69) is 0 Å². The van der Waals surface area contributed by atoms with E-state index in [1.807, 2.05) is 33.1 Å². The van der Waals surface area contributed by atoms with Crippen LogP contribution in [0.15, 0.2) is 29.6 Å². The first-order valence-corrected chi connectivity index (χ1v) is 9.12. The van der Waals surface area contributed by atoms with Crippen molar-refractivity contribution in [1.82, 2.24) is 4.90 Å². The maximum Gasteiger partial charge on any atom is 0.410 e. The fourth-order valence-electron chi connectivity index (χ4n) is 2.74. The van der Waals surface area contributed by atoms with Crippen LogP contribution in [0.1, 0.15) is 32.6 Å². The highest BCUT2D eigenvalue weighted by molar-refractivity contribution is 7.10. The van der Waals surface area contributed by atoms with Crippen LogP contribution in [0.5, 0.6) is 5.75 Å². The van der Waals surface area contributed by atoms with E-state index < -0.39 is 5.60 Å². The molecule has 1 amide bonds. The summed E-state index contributed by atoms with van der Waals surface area (Å²) in [4.78, 5) is 15.0. The lowest BCUT2D eigenvalue weighted by Crippen LogP contribution is -2.39. The van der Waals surface area contributed by atoms with Crippen LogP contribution in [0, 0.1) is 5.82 Å². The van der Waals surface area contributed by atoms with Gasteiger partial charge in [-0.25, -0.2) is 9.18 Å². The van der Waals surface area contributed by atoms with Gasteiger partial charge in [0, 0.05) is 16.5 Å². The Morgan fingerprint density at radius 2 is 2.04 bits per heavy atom. The van der Waals surface area contributed by atoms with Crippen molar-refractivity contribution in [3.05, 3.63) is 40.3 Å². The van der Waals surface area contributed by atoms with Crippen molar-refractivity contribution in [3.8, 4) is 16.9 Å². The summed E-state index contributed by atoms with van der Waals surface area (Å²) >= 11 is 1.47. The number of amides is 1. The molecule has 4 nitrogen and oxygen atoms in total. The molecule has 0 saturated carbocycles. The van der Waals surface area contributed by atoms with Crippen molar-refractivity contribution in [2.45, 2.75) is 45.9 Å². The molecule has 1 aromatic carbocycles. The highest BCUT2D eigenvalue weighted by Crippen LogP contribution is 2.42.